The van der Waals surface area contributed by atoms with Crippen molar-refractivity contribution in [1.82, 2.24) is 4.90 Å². The first-order valence-corrected chi connectivity index (χ1v) is 7.18. The van der Waals surface area contributed by atoms with Crippen molar-refractivity contribution in [2.45, 2.75) is 43.0 Å². The number of aliphatic hydroxyl groups is 1. The van der Waals surface area contributed by atoms with Crippen LogP contribution in [0.1, 0.15) is 32.1 Å². The van der Waals surface area contributed by atoms with Crippen molar-refractivity contribution in [2.75, 3.05) is 13.1 Å². The van der Waals surface area contributed by atoms with Gasteiger partial charge in [0.05, 0.1) is 5.60 Å². The molecule has 2 aliphatic rings. The molecule has 17 heavy (non-hydrogen) atoms. The highest BCUT2D eigenvalue weighted by molar-refractivity contribution is 7.87. The molecular weight excluding hydrogens is 249 g/mol. The lowest BCUT2D eigenvalue weighted by Gasteiger charge is -2.28. The van der Waals surface area contributed by atoms with Gasteiger partial charge in [-0.15, -0.1) is 3.89 Å². The third kappa shape index (κ3) is 2.77. The van der Waals surface area contributed by atoms with Gasteiger partial charge < -0.3 is 10.0 Å². The van der Waals surface area contributed by atoms with Crippen molar-refractivity contribution in [2.24, 2.45) is 0 Å². The Kier molecular flexibility index (Phi) is 3.15. The monoisotopic (exact) mass is 265 g/mol. The van der Waals surface area contributed by atoms with Crippen molar-refractivity contribution in [3.8, 4) is 0 Å². The zero-order valence-corrected chi connectivity index (χ0v) is 10.2. The Balaban J connectivity index is 2.01. The van der Waals surface area contributed by atoms with Crippen molar-refractivity contribution in [1.29, 1.82) is 0 Å². The summed E-state index contributed by atoms with van der Waals surface area (Å²) in [5, 5.41) is 8.86. The van der Waals surface area contributed by atoms with Gasteiger partial charge in [-0.2, -0.15) is 8.42 Å². The van der Waals surface area contributed by atoms with Gasteiger partial charge in [0.25, 0.3) is 0 Å². The molecular formula is C10H16FNO4S. The molecule has 0 radical (unpaired) electrons. The van der Waals surface area contributed by atoms with E-state index in [0.29, 0.717) is 12.8 Å². The second-order valence-corrected chi connectivity index (χ2v) is 6.63. The Morgan fingerprint density at radius 1 is 1.41 bits per heavy atom. The van der Waals surface area contributed by atoms with Crippen LogP contribution in [0.3, 0.4) is 0 Å². The van der Waals surface area contributed by atoms with Gasteiger partial charge in [-0.25, -0.2) is 0 Å². The number of rotatable bonds is 3. The first kappa shape index (κ1) is 12.8. The highest BCUT2D eigenvalue weighted by Gasteiger charge is 2.42. The van der Waals surface area contributed by atoms with Gasteiger partial charge in [-0.1, -0.05) is 12.8 Å². The molecule has 1 N–H and O–H groups in total. The Labute approximate surface area is 99.8 Å². The van der Waals surface area contributed by atoms with Crippen LogP contribution >= 0.6 is 0 Å². The lowest BCUT2D eigenvalue weighted by Crippen LogP contribution is -2.42. The minimum absolute atomic E-state index is 0.123. The molecule has 2 rings (SSSR count). The molecule has 5 nitrogen and oxygen atoms in total. The number of carbonyl (C=O) groups excluding carboxylic acids is 1. The third-order valence-electron chi connectivity index (χ3n) is 3.60. The molecule has 7 heteroatoms. The predicted molar refractivity (Wildman–Crippen MR) is 58.4 cm³/mol. The smallest absolute Gasteiger partial charge is 0.307 e. The molecule has 0 aromatic carbocycles. The number of likely N-dealkylation sites (tertiary alicyclic amines) is 1. The minimum Gasteiger partial charge on any atom is -0.388 e. The standard InChI is InChI=1S/C10H16FNO4S/c11-17(15,16)8-5-9(13)12(6-8)7-10(14)3-1-2-4-10/h8,14H,1-7H2. The van der Waals surface area contributed by atoms with E-state index in [2.05, 4.69) is 0 Å². The summed E-state index contributed by atoms with van der Waals surface area (Å²) in [6.07, 6.45) is 2.73. The molecule has 1 saturated carbocycles. The maximum atomic E-state index is 12.8. The summed E-state index contributed by atoms with van der Waals surface area (Å²) < 4.78 is 34.2. The van der Waals surface area contributed by atoms with Crippen LogP contribution in [0.4, 0.5) is 3.89 Å². The minimum atomic E-state index is -4.67. The molecule has 1 atom stereocenters. The Hall–Kier alpha value is -0.690. The maximum absolute atomic E-state index is 12.8. The zero-order chi connectivity index (χ0) is 12.7. The maximum Gasteiger partial charge on any atom is 0.307 e. The Morgan fingerprint density at radius 2 is 2.00 bits per heavy atom. The van der Waals surface area contributed by atoms with Crippen molar-refractivity contribution in [3.63, 3.8) is 0 Å². The van der Waals surface area contributed by atoms with Crippen molar-refractivity contribution < 1.29 is 22.2 Å². The molecule has 98 valence electrons. The number of halogens is 1. The van der Waals surface area contributed by atoms with Gasteiger partial charge in [0, 0.05) is 19.5 Å². The van der Waals surface area contributed by atoms with Crippen LogP contribution in [0.25, 0.3) is 0 Å². The molecule has 1 aliphatic heterocycles. The SMILES string of the molecule is O=C1CC(S(=O)(=O)F)CN1CC1(O)CCCC1. The summed E-state index contributed by atoms with van der Waals surface area (Å²) in [5.74, 6) is -0.392. The first-order chi connectivity index (χ1) is 7.80. The van der Waals surface area contributed by atoms with Crippen molar-refractivity contribution >= 4 is 16.1 Å². The Morgan fingerprint density at radius 3 is 2.47 bits per heavy atom. The molecule has 1 amide bonds. The fourth-order valence-electron chi connectivity index (χ4n) is 2.62. The molecule has 0 aromatic rings. The van der Waals surface area contributed by atoms with Gasteiger partial charge >= 0.3 is 10.2 Å². The number of carbonyl (C=O) groups is 1. The second kappa shape index (κ2) is 4.20. The fourth-order valence-corrected chi connectivity index (χ4v) is 3.32. The normalized spacial score (nSPS) is 28.9. The van der Waals surface area contributed by atoms with Crippen LogP contribution in [0.5, 0.6) is 0 Å². The molecule has 2 fully saturated rings. The van der Waals surface area contributed by atoms with Crippen LogP contribution in [-0.4, -0.2) is 48.3 Å². The van der Waals surface area contributed by atoms with E-state index in [1.54, 1.807) is 0 Å². The quantitative estimate of drug-likeness (QED) is 0.739. The first-order valence-electron chi connectivity index (χ1n) is 5.74. The molecule has 0 spiro atoms. The topological polar surface area (TPSA) is 74.7 Å². The summed E-state index contributed by atoms with van der Waals surface area (Å²) in [4.78, 5) is 12.8. The number of hydrogen-bond acceptors (Lipinski definition) is 4. The highest BCUT2D eigenvalue weighted by atomic mass is 32.3. The predicted octanol–water partition coefficient (Wildman–Crippen LogP) is 0.192. The van der Waals surface area contributed by atoms with E-state index in [1.807, 2.05) is 0 Å². The fraction of sp³-hybridized carbons (Fsp3) is 0.900. The Bertz CT molecular complexity index is 416. The average Bonchev–Trinajstić information content (AvgIpc) is 2.74. The van der Waals surface area contributed by atoms with Crippen molar-refractivity contribution in [3.05, 3.63) is 0 Å². The number of hydrogen-bond donors (Lipinski definition) is 1. The lowest BCUT2D eigenvalue weighted by atomic mass is 10.0. The van der Waals surface area contributed by atoms with E-state index >= 15 is 0 Å². The van der Waals surface area contributed by atoms with E-state index in [0.717, 1.165) is 12.8 Å². The molecule has 1 unspecified atom stereocenters. The van der Waals surface area contributed by atoms with Crippen LogP contribution in [0.15, 0.2) is 0 Å². The van der Waals surface area contributed by atoms with E-state index in [-0.39, 0.29) is 19.5 Å². The van der Waals surface area contributed by atoms with Crippen LogP contribution < -0.4 is 0 Å². The number of nitrogens with zero attached hydrogens (tertiary/aromatic N) is 1. The summed E-state index contributed by atoms with van der Waals surface area (Å²) in [7, 11) is -4.67. The third-order valence-corrected chi connectivity index (χ3v) is 4.71. The number of β-amino-alcohol motifs (C(OH)–C–C–N with tert-alkyl or cyclic N) is 1. The molecule has 1 saturated heterocycles. The second-order valence-electron chi connectivity index (χ2n) is 5.01. The molecule has 0 aromatic heterocycles. The summed E-state index contributed by atoms with van der Waals surface area (Å²) in [5.41, 5.74) is -0.912. The van der Waals surface area contributed by atoms with Crippen LogP contribution in [0.2, 0.25) is 0 Å². The molecule has 1 aliphatic carbocycles. The van der Waals surface area contributed by atoms with Crippen LogP contribution in [-0.2, 0) is 15.0 Å². The largest absolute Gasteiger partial charge is 0.388 e. The van der Waals surface area contributed by atoms with Gasteiger partial charge in [0.1, 0.15) is 5.25 Å². The van der Waals surface area contributed by atoms with E-state index in [4.69, 9.17) is 0 Å². The summed E-state index contributed by atoms with van der Waals surface area (Å²) >= 11 is 0. The van der Waals surface area contributed by atoms with Crippen LogP contribution in [0, 0.1) is 0 Å². The number of amides is 1. The summed E-state index contributed by atoms with van der Waals surface area (Å²) in [6, 6.07) is 0. The molecule has 0 bridgehead atoms. The van der Waals surface area contributed by atoms with E-state index in [1.165, 1.54) is 4.90 Å². The highest BCUT2D eigenvalue weighted by Crippen LogP contribution is 2.32. The van der Waals surface area contributed by atoms with Gasteiger partial charge in [-0.05, 0) is 12.8 Å². The van der Waals surface area contributed by atoms with E-state index in [9.17, 15) is 22.2 Å². The lowest BCUT2D eigenvalue weighted by molar-refractivity contribution is -0.130. The average molecular weight is 265 g/mol. The zero-order valence-electron chi connectivity index (χ0n) is 9.43. The van der Waals surface area contributed by atoms with Gasteiger partial charge in [0.15, 0.2) is 0 Å². The van der Waals surface area contributed by atoms with Gasteiger partial charge in [0.2, 0.25) is 5.91 Å². The van der Waals surface area contributed by atoms with E-state index < -0.39 is 27.0 Å². The summed E-state index contributed by atoms with van der Waals surface area (Å²) in [6.45, 7) is -0.0160. The van der Waals surface area contributed by atoms with Gasteiger partial charge in [-0.3, -0.25) is 4.79 Å². The molecule has 1 heterocycles.